The maximum atomic E-state index is 5.61. The molecule has 0 amide bonds. The van der Waals surface area contributed by atoms with E-state index < -0.39 is 0 Å². The van der Waals surface area contributed by atoms with Crippen molar-refractivity contribution in [3.05, 3.63) is 57.8 Å². The van der Waals surface area contributed by atoms with E-state index in [0.29, 0.717) is 18.2 Å². The van der Waals surface area contributed by atoms with Gasteiger partial charge < -0.3 is 10.5 Å². The lowest BCUT2D eigenvalue weighted by Gasteiger charge is -2.04. The molecule has 1 heterocycles. The Labute approximate surface area is 110 Å². The molecule has 88 valence electrons. The molecule has 0 saturated carbocycles. The van der Waals surface area contributed by atoms with Gasteiger partial charge in [0.2, 0.25) is 0 Å². The molecule has 0 fully saturated rings. The largest absolute Gasteiger partial charge is 0.389 e. The maximum absolute atomic E-state index is 5.61. The number of thiophene rings is 1. The van der Waals surface area contributed by atoms with Gasteiger partial charge in [0.15, 0.2) is 0 Å². The summed E-state index contributed by atoms with van der Waals surface area (Å²) in [5.41, 5.74) is 7.55. The summed E-state index contributed by atoms with van der Waals surface area (Å²) in [4.78, 5) is 1.67. The molecule has 1 aromatic carbocycles. The van der Waals surface area contributed by atoms with Crippen molar-refractivity contribution in [1.82, 2.24) is 0 Å². The summed E-state index contributed by atoms with van der Waals surface area (Å²) >= 11 is 6.60. The van der Waals surface area contributed by atoms with Crippen molar-refractivity contribution >= 4 is 28.5 Å². The molecule has 2 rings (SSSR count). The predicted molar refractivity (Wildman–Crippen MR) is 75.1 cm³/mol. The number of hydrogen-bond acceptors (Lipinski definition) is 3. The van der Waals surface area contributed by atoms with E-state index >= 15 is 0 Å². The van der Waals surface area contributed by atoms with Crippen molar-refractivity contribution in [1.29, 1.82) is 0 Å². The minimum Gasteiger partial charge on any atom is -0.389 e. The average Bonchev–Trinajstić information content (AvgIpc) is 2.83. The first-order valence-corrected chi connectivity index (χ1v) is 6.53. The number of nitrogens with two attached hydrogens (primary N) is 1. The Bertz CT molecular complexity index is 477. The molecule has 2 nitrogen and oxygen atoms in total. The van der Waals surface area contributed by atoms with E-state index in [2.05, 4.69) is 11.4 Å². The zero-order valence-corrected chi connectivity index (χ0v) is 10.9. The average molecular weight is 263 g/mol. The third-order valence-electron chi connectivity index (χ3n) is 2.33. The van der Waals surface area contributed by atoms with E-state index in [9.17, 15) is 0 Å². The fourth-order valence-electron chi connectivity index (χ4n) is 1.43. The Hall–Kier alpha value is -1.23. The fraction of sp³-hybridized carbons (Fsp3) is 0.154. The monoisotopic (exact) mass is 263 g/mol. The zero-order chi connectivity index (χ0) is 12.1. The molecular weight excluding hydrogens is 250 g/mol. The Balaban J connectivity index is 1.85. The van der Waals surface area contributed by atoms with Crippen LogP contribution in [0.25, 0.3) is 0 Å². The number of ether oxygens (including phenoxy) is 1. The van der Waals surface area contributed by atoms with Gasteiger partial charge in [-0.1, -0.05) is 42.5 Å². The van der Waals surface area contributed by atoms with E-state index in [-0.39, 0.29) is 0 Å². The zero-order valence-electron chi connectivity index (χ0n) is 9.26. The van der Waals surface area contributed by atoms with E-state index in [1.54, 1.807) is 11.3 Å². The first-order chi connectivity index (χ1) is 8.25. The van der Waals surface area contributed by atoms with Crippen LogP contribution in [0.4, 0.5) is 0 Å². The lowest BCUT2D eigenvalue weighted by molar-refractivity contribution is 0.109. The van der Waals surface area contributed by atoms with Crippen molar-refractivity contribution in [3.63, 3.8) is 0 Å². The van der Waals surface area contributed by atoms with Crippen LogP contribution in [0.15, 0.2) is 41.8 Å². The molecule has 4 heteroatoms. The fourth-order valence-corrected chi connectivity index (χ4v) is 2.21. The highest BCUT2D eigenvalue weighted by atomic mass is 32.1. The van der Waals surface area contributed by atoms with E-state index in [4.69, 9.17) is 22.7 Å². The second kappa shape index (κ2) is 5.91. The summed E-state index contributed by atoms with van der Waals surface area (Å²) in [6.07, 6.45) is 0. The van der Waals surface area contributed by atoms with Crippen LogP contribution in [0.5, 0.6) is 0 Å². The normalized spacial score (nSPS) is 10.4. The minimum atomic E-state index is 0.427. The number of benzene rings is 1. The summed E-state index contributed by atoms with van der Waals surface area (Å²) in [6, 6.07) is 11.9. The Morgan fingerprint density at radius 2 is 1.94 bits per heavy atom. The van der Waals surface area contributed by atoms with Crippen molar-refractivity contribution in [2.45, 2.75) is 13.2 Å². The Morgan fingerprint density at radius 1 is 1.18 bits per heavy atom. The van der Waals surface area contributed by atoms with E-state index in [1.165, 1.54) is 4.88 Å². The molecule has 0 aliphatic heterocycles. The lowest BCUT2D eigenvalue weighted by Crippen LogP contribution is -2.08. The Kier molecular flexibility index (Phi) is 4.25. The molecule has 0 saturated heterocycles. The van der Waals surface area contributed by atoms with Gasteiger partial charge in [0.05, 0.1) is 13.2 Å². The molecule has 17 heavy (non-hydrogen) atoms. The van der Waals surface area contributed by atoms with Gasteiger partial charge >= 0.3 is 0 Å². The number of thiocarbonyl (C=S) groups is 1. The van der Waals surface area contributed by atoms with Gasteiger partial charge in [-0.2, -0.15) is 0 Å². The Morgan fingerprint density at radius 3 is 2.53 bits per heavy atom. The van der Waals surface area contributed by atoms with Crippen LogP contribution < -0.4 is 5.73 Å². The van der Waals surface area contributed by atoms with Crippen molar-refractivity contribution in [3.8, 4) is 0 Å². The molecular formula is C13H13NOS2. The van der Waals surface area contributed by atoms with Crippen LogP contribution >= 0.6 is 23.6 Å². The first-order valence-electron chi connectivity index (χ1n) is 5.24. The number of hydrogen-bond donors (Lipinski definition) is 1. The van der Waals surface area contributed by atoms with Gasteiger partial charge in [0.1, 0.15) is 4.99 Å². The van der Waals surface area contributed by atoms with Crippen LogP contribution in [-0.2, 0) is 18.0 Å². The molecule has 0 atom stereocenters. The van der Waals surface area contributed by atoms with Crippen LogP contribution in [0.3, 0.4) is 0 Å². The van der Waals surface area contributed by atoms with Crippen molar-refractivity contribution in [2.24, 2.45) is 5.73 Å². The summed E-state index contributed by atoms with van der Waals surface area (Å²) in [5, 5.41) is 2.05. The molecule has 0 unspecified atom stereocenters. The van der Waals surface area contributed by atoms with Gasteiger partial charge in [-0.05, 0) is 17.0 Å². The molecule has 2 N–H and O–H groups in total. The topological polar surface area (TPSA) is 35.2 Å². The summed E-state index contributed by atoms with van der Waals surface area (Å²) in [5.74, 6) is 0. The minimum absolute atomic E-state index is 0.427. The van der Waals surface area contributed by atoms with Gasteiger partial charge in [-0.25, -0.2) is 0 Å². The highest BCUT2D eigenvalue weighted by Crippen LogP contribution is 2.12. The highest BCUT2D eigenvalue weighted by Gasteiger charge is 1.98. The third-order valence-corrected chi connectivity index (χ3v) is 3.42. The van der Waals surface area contributed by atoms with Gasteiger partial charge in [-0.15, -0.1) is 11.3 Å². The molecule has 1 aromatic heterocycles. The molecule has 0 spiro atoms. The number of rotatable bonds is 5. The standard InChI is InChI=1S/C13H13NOS2/c14-13(16)11-5-3-10(4-6-11)8-15-9-12-2-1-7-17-12/h1-7H,8-9H2,(H2,14,16). The van der Waals surface area contributed by atoms with Crippen molar-refractivity contribution in [2.75, 3.05) is 0 Å². The van der Waals surface area contributed by atoms with E-state index in [1.807, 2.05) is 30.3 Å². The van der Waals surface area contributed by atoms with Crippen LogP contribution in [-0.4, -0.2) is 4.99 Å². The van der Waals surface area contributed by atoms with Gasteiger partial charge in [-0.3, -0.25) is 0 Å². The molecule has 2 aromatic rings. The van der Waals surface area contributed by atoms with Crippen LogP contribution in [0, 0.1) is 0 Å². The van der Waals surface area contributed by atoms with Crippen LogP contribution in [0.1, 0.15) is 16.0 Å². The van der Waals surface area contributed by atoms with Gasteiger partial charge in [0, 0.05) is 10.4 Å². The second-order valence-corrected chi connectivity index (χ2v) is 5.11. The maximum Gasteiger partial charge on any atom is 0.103 e. The van der Waals surface area contributed by atoms with Crippen LogP contribution in [0.2, 0.25) is 0 Å². The lowest BCUT2D eigenvalue weighted by atomic mass is 10.1. The molecule has 0 radical (unpaired) electrons. The summed E-state index contributed by atoms with van der Waals surface area (Å²) in [7, 11) is 0. The smallest absolute Gasteiger partial charge is 0.103 e. The van der Waals surface area contributed by atoms with Gasteiger partial charge in [0.25, 0.3) is 0 Å². The molecule has 0 bridgehead atoms. The highest BCUT2D eigenvalue weighted by molar-refractivity contribution is 7.80. The second-order valence-electron chi connectivity index (χ2n) is 3.63. The SMILES string of the molecule is NC(=S)c1ccc(COCc2cccs2)cc1. The molecule has 0 aliphatic carbocycles. The first kappa shape index (κ1) is 12.2. The quantitative estimate of drug-likeness (QED) is 0.842. The predicted octanol–water partition coefficient (Wildman–Crippen LogP) is 3.10. The third kappa shape index (κ3) is 3.63. The van der Waals surface area contributed by atoms with E-state index in [0.717, 1.165) is 11.1 Å². The summed E-state index contributed by atoms with van der Waals surface area (Å²) < 4.78 is 5.61. The molecule has 0 aliphatic rings. The van der Waals surface area contributed by atoms with Crippen molar-refractivity contribution < 1.29 is 4.74 Å². The summed E-state index contributed by atoms with van der Waals surface area (Å²) in [6.45, 7) is 1.27.